The number of hydrogen-bond acceptors (Lipinski definition) is 6. The van der Waals surface area contributed by atoms with Gasteiger partial charge in [-0.2, -0.15) is 0 Å². The molecule has 3 unspecified atom stereocenters. The summed E-state index contributed by atoms with van der Waals surface area (Å²) in [6, 6.07) is 6.67. The van der Waals surface area contributed by atoms with E-state index in [0.29, 0.717) is 40.2 Å². The van der Waals surface area contributed by atoms with E-state index in [0.717, 1.165) is 4.90 Å². The van der Waals surface area contributed by atoms with Crippen LogP contribution in [0, 0.1) is 5.92 Å². The second kappa shape index (κ2) is 8.89. The fourth-order valence-electron chi connectivity index (χ4n) is 6.07. The summed E-state index contributed by atoms with van der Waals surface area (Å²) in [6.45, 7) is 6.05. The number of benzene rings is 2. The van der Waals surface area contributed by atoms with E-state index in [1.165, 1.54) is 18.2 Å². The normalized spacial score (nSPS) is 26.9. The first-order valence-corrected chi connectivity index (χ1v) is 13.9. The molecule has 3 N–H and O–H groups in total. The van der Waals surface area contributed by atoms with Crippen LogP contribution in [0.15, 0.2) is 35.3 Å². The number of carbonyl (C=O) groups excluding carboxylic acids is 3. The molecule has 0 aliphatic carbocycles. The van der Waals surface area contributed by atoms with Crippen LogP contribution in [0.3, 0.4) is 0 Å². The molecule has 2 bridgehead atoms. The summed E-state index contributed by atoms with van der Waals surface area (Å²) in [5, 5.41) is 10.3. The Kier molecular flexibility index (Phi) is 6.04. The Morgan fingerprint density at radius 2 is 1.72 bits per heavy atom. The number of rotatable bonds is 2. The lowest BCUT2D eigenvalue weighted by Crippen LogP contribution is -2.59. The third-order valence-corrected chi connectivity index (χ3v) is 8.33. The van der Waals surface area contributed by atoms with Gasteiger partial charge in [-0.05, 0) is 57.5 Å². The molecule has 4 amide bonds. The van der Waals surface area contributed by atoms with E-state index < -0.39 is 34.9 Å². The van der Waals surface area contributed by atoms with Gasteiger partial charge in [0, 0.05) is 38.8 Å². The Labute approximate surface area is 244 Å². The number of aliphatic imine (C=N–C) groups is 1. The van der Waals surface area contributed by atoms with E-state index in [9.17, 15) is 14.4 Å². The highest BCUT2D eigenvalue weighted by Crippen LogP contribution is 2.56. The van der Waals surface area contributed by atoms with Crippen LogP contribution < -0.4 is 20.9 Å². The first kappa shape index (κ1) is 26.5. The smallest absolute Gasteiger partial charge is 0.315 e. The number of halogens is 4. The molecule has 4 atom stereocenters. The minimum Gasteiger partial charge on any atom is -0.337 e. The van der Waals surface area contributed by atoms with E-state index in [1.807, 2.05) is 25.7 Å². The largest absolute Gasteiger partial charge is 0.337 e. The highest BCUT2D eigenvalue weighted by Gasteiger charge is 2.69. The molecule has 2 saturated heterocycles. The van der Waals surface area contributed by atoms with Gasteiger partial charge < -0.3 is 20.9 Å². The highest BCUT2D eigenvalue weighted by molar-refractivity contribution is 6.39. The lowest BCUT2D eigenvalue weighted by atomic mass is 9.73. The van der Waals surface area contributed by atoms with Gasteiger partial charge in [0.05, 0.1) is 28.4 Å². The van der Waals surface area contributed by atoms with Crippen molar-refractivity contribution in [2.45, 2.75) is 50.4 Å². The summed E-state index contributed by atoms with van der Waals surface area (Å²) in [7, 11) is 0. The third kappa shape index (κ3) is 4.13. The fourth-order valence-corrected chi connectivity index (χ4v) is 7.13. The van der Waals surface area contributed by atoms with Crippen molar-refractivity contribution < 1.29 is 14.4 Å². The summed E-state index contributed by atoms with van der Waals surface area (Å²) >= 11 is 25.5. The third-order valence-electron chi connectivity index (χ3n) is 7.38. The van der Waals surface area contributed by atoms with Gasteiger partial charge in [0.2, 0.25) is 5.91 Å². The van der Waals surface area contributed by atoms with Gasteiger partial charge in [0.25, 0.3) is 5.91 Å². The minimum atomic E-state index is -1.61. The molecule has 2 fully saturated rings. The van der Waals surface area contributed by atoms with Crippen molar-refractivity contribution in [3.8, 4) is 0 Å². The number of nitrogens with zero attached hydrogens (tertiary/aromatic N) is 3. The predicted octanol–water partition coefficient (Wildman–Crippen LogP) is 5.02. The van der Waals surface area contributed by atoms with Crippen LogP contribution in [0.2, 0.25) is 20.1 Å². The Morgan fingerprint density at radius 3 is 2.38 bits per heavy atom. The Hall–Kier alpha value is -2.72. The van der Waals surface area contributed by atoms with Gasteiger partial charge in [-0.15, -0.1) is 0 Å². The van der Waals surface area contributed by atoms with Crippen LogP contribution in [0.25, 0.3) is 0 Å². The number of guanidine groups is 1. The molecular formula is C26H24Cl4N6O3. The van der Waals surface area contributed by atoms with Crippen molar-refractivity contribution in [3.05, 3.63) is 56.0 Å². The Balaban J connectivity index is 1.47. The van der Waals surface area contributed by atoms with Gasteiger partial charge >= 0.3 is 6.03 Å². The number of imide groups is 1. The summed E-state index contributed by atoms with van der Waals surface area (Å²) in [5.74, 6) is -1.50. The molecule has 2 aromatic rings. The lowest BCUT2D eigenvalue weighted by Gasteiger charge is -2.46. The number of anilines is 2. The summed E-state index contributed by atoms with van der Waals surface area (Å²) in [5.41, 5.74) is -0.903. The van der Waals surface area contributed by atoms with Crippen LogP contribution in [0.1, 0.15) is 32.8 Å². The number of fused-ring (bicyclic) bond motifs is 4. The molecule has 0 saturated carbocycles. The molecule has 4 aliphatic rings. The average Bonchev–Trinajstić information content (AvgIpc) is 3.29. The fraction of sp³-hybridized carbons (Fsp3) is 0.385. The molecule has 39 heavy (non-hydrogen) atoms. The highest BCUT2D eigenvalue weighted by atomic mass is 35.5. The van der Waals surface area contributed by atoms with Crippen molar-refractivity contribution in [3.63, 3.8) is 0 Å². The molecule has 9 nitrogen and oxygen atoms in total. The van der Waals surface area contributed by atoms with Gasteiger partial charge in [0.15, 0.2) is 11.5 Å². The van der Waals surface area contributed by atoms with Crippen LogP contribution >= 0.6 is 46.4 Å². The van der Waals surface area contributed by atoms with Crippen LogP contribution in [-0.4, -0.2) is 52.9 Å². The number of hydrogen-bond donors (Lipinski definition) is 3. The minimum absolute atomic E-state index is 0.250. The van der Waals surface area contributed by atoms with Crippen LogP contribution in [-0.2, 0) is 15.1 Å². The quantitative estimate of drug-likeness (QED) is 0.415. The van der Waals surface area contributed by atoms with E-state index >= 15 is 0 Å². The van der Waals surface area contributed by atoms with E-state index in [2.05, 4.69) is 16.0 Å². The number of amides is 4. The number of urea groups is 1. The maximum atomic E-state index is 14.4. The van der Waals surface area contributed by atoms with Gasteiger partial charge in [-0.3, -0.25) is 9.59 Å². The zero-order valence-corrected chi connectivity index (χ0v) is 24.1. The molecule has 6 rings (SSSR count). The molecule has 204 valence electrons. The standard InChI is InChI=1S/C26H24Cl4N6O3/c1-25(2,3)34-24(39)31-14-9-18-19-21(37)36(15-5-11(27)4-12(28)6-15)22(38)26(19)16-7-13(29)8-17(30)20(16)32-23(33-26)35(18)10-14/h4-8,14,18-19H,9-10H2,1-3H3,(H,32,33)(H2,31,34,39)/t14-,18?,19?,26?/m0/s1. The molecular weight excluding hydrogens is 586 g/mol. The number of nitrogens with one attached hydrogen (secondary N) is 3. The summed E-state index contributed by atoms with van der Waals surface area (Å²) in [6.07, 6.45) is 0.414. The van der Waals surface area contributed by atoms with E-state index in [1.54, 1.807) is 12.1 Å². The van der Waals surface area contributed by atoms with Gasteiger partial charge in [-0.25, -0.2) is 14.7 Å². The SMILES string of the molecule is CC(C)(C)NC(=O)N[C@H]1CC2C3C(=O)N(c4cc(Cl)cc(Cl)c4)C(=O)C34N=C(Nc3c(Cl)cc(Cl)cc34)N2C1. The second-order valence-electron chi connectivity index (χ2n) is 11.2. The van der Waals surface area contributed by atoms with Gasteiger partial charge in [-0.1, -0.05) is 46.4 Å². The van der Waals surface area contributed by atoms with Crippen LogP contribution in [0.4, 0.5) is 16.2 Å². The summed E-state index contributed by atoms with van der Waals surface area (Å²) in [4.78, 5) is 49.2. The predicted molar refractivity (Wildman–Crippen MR) is 152 cm³/mol. The van der Waals surface area contributed by atoms with Crippen molar-refractivity contribution in [2.24, 2.45) is 10.9 Å². The van der Waals surface area contributed by atoms with Crippen molar-refractivity contribution >= 4 is 81.6 Å². The Morgan fingerprint density at radius 1 is 1.05 bits per heavy atom. The first-order chi connectivity index (χ1) is 18.3. The first-order valence-electron chi connectivity index (χ1n) is 12.3. The maximum absolute atomic E-state index is 14.4. The Bertz CT molecular complexity index is 1470. The molecule has 4 aliphatic heterocycles. The van der Waals surface area contributed by atoms with Crippen molar-refractivity contribution in [2.75, 3.05) is 16.8 Å². The number of carbonyl (C=O) groups is 3. The van der Waals surface area contributed by atoms with Crippen molar-refractivity contribution in [1.82, 2.24) is 15.5 Å². The van der Waals surface area contributed by atoms with Crippen LogP contribution in [0.5, 0.6) is 0 Å². The molecule has 4 heterocycles. The lowest BCUT2D eigenvalue weighted by molar-refractivity contribution is -0.123. The zero-order chi connectivity index (χ0) is 28.0. The zero-order valence-electron chi connectivity index (χ0n) is 21.1. The average molecular weight is 610 g/mol. The molecule has 1 spiro atoms. The molecule has 0 radical (unpaired) electrons. The monoisotopic (exact) mass is 608 g/mol. The van der Waals surface area contributed by atoms with E-state index in [-0.39, 0.29) is 27.8 Å². The molecule has 13 heteroatoms. The molecule has 2 aromatic carbocycles. The second-order valence-corrected chi connectivity index (χ2v) is 12.9. The maximum Gasteiger partial charge on any atom is 0.315 e. The molecule has 0 aromatic heterocycles. The van der Waals surface area contributed by atoms with Crippen molar-refractivity contribution in [1.29, 1.82) is 0 Å². The van der Waals surface area contributed by atoms with E-state index in [4.69, 9.17) is 51.4 Å². The summed E-state index contributed by atoms with van der Waals surface area (Å²) < 4.78 is 0. The van der Waals surface area contributed by atoms with Gasteiger partial charge in [0.1, 0.15) is 0 Å². The topological polar surface area (TPSA) is 106 Å².